The molecule has 0 bridgehead atoms. The zero-order chi connectivity index (χ0) is 18.5. The summed E-state index contributed by atoms with van der Waals surface area (Å²) in [6.07, 6.45) is 5.16. The number of ether oxygens (including phenoxy) is 1. The normalized spacial score (nSPS) is 15.7. The smallest absolute Gasteiger partial charge is 0.261 e. The minimum Gasteiger partial charge on any atom is -0.496 e. The van der Waals surface area contributed by atoms with Crippen molar-refractivity contribution in [3.8, 4) is 5.75 Å². The van der Waals surface area contributed by atoms with Gasteiger partial charge in [-0.3, -0.25) is 9.78 Å². The number of likely N-dealkylation sites (tertiary alicyclic amines) is 1. The first-order chi connectivity index (χ1) is 12.6. The summed E-state index contributed by atoms with van der Waals surface area (Å²) in [5.41, 5.74) is 0.924. The van der Waals surface area contributed by atoms with Gasteiger partial charge in [-0.1, -0.05) is 12.1 Å². The lowest BCUT2D eigenvalue weighted by Crippen LogP contribution is -2.46. The average Bonchev–Trinajstić information content (AvgIpc) is 2.67. The Morgan fingerprint density at radius 2 is 2.08 bits per heavy atom. The fraction of sp³-hybridized carbons (Fsp3) is 0.400. The molecule has 6 heteroatoms. The number of hydrogen-bond donors (Lipinski definition) is 0. The quantitative estimate of drug-likeness (QED) is 0.825. The number of benzene rings is 1. The van der Waals surface area contributed by atoms with Crippen LogP contribution < -0.4 is 4.74 Å². The van der Waals surface area contributed by atoms with Gasteiger partial charge in [0.25, 0.3) is 5.91 Å². The molecule has 2 aromatic rings. The van der Waals surface area contributed by atoms with E-state index in [1.165, 1.54) is 13.2 Å². The molecule has 2 heterocycles. The van der Waals surface area contributed by atoms with E-state index in [1.807, 2.05) is 12.1 Å². The Labute approximate surface area is 153 Å². The van der Waals surface area contributed by atoms with Gasteiger partial charge in [0, 0.05) is 25.0 Å². The van der Waals surface area contributed by atoms with Crippen LogP contribution in [0.3, 0.4) is 0 Å². The average molecular weight is 357 g/mol. The maximum absolute atomic E-state index is 14.5. The predicted molar refractivity (Wildman–Crippen MR) is 97.6 cm³/mol. The molecule has 26 heavy (non-hydrogen) atoms. The molecule has 1 saturated heterocycles. The number of carbonyl (C=O) groups is 1. The van der Waals surface area contributed by atoms with E-state index >= 15 is 0 Å². The Bertz CT molecular complexity index is 746. The third kappa shape index (κ3) is 4.02. The van der Waals surface area contributed by atoms with E-state index in [1.54, 1.807) is 29.4 Å². The van der Waals surface area contributed by atoms with Crippen molar-refractivity contribution in [1.82, 2.24) is 14.8 Å². The van der Waals surface area contributed by atoms with Crippen molar-refractivity contribution in [3.63, 3.8) is 0 Å². The summed E-state index contributed by atoms with van der Waals surface area (Å²) in [5, 5.41) is 0. The summed E-state index contributed by atoms with van der Waals surface area (Å²) in [6.45, 7) is 2.23. The molecule has 1 aromatic heterocycles. The molecule has 0 atom stereocenters. The topological polar surface area (TPSA) is 45.7 Å². The molecule has 0 spiro atoms. The number of piperidine rings is 1. The highest BCUT2D eigenvalue weighted by Gasteiger charge is 2.31. The van der Waals surface area contributed by atoms with Gasteiger partial charge in [-0.05, 0) is 56.7 Å². The van der Waals surface area contributed by atoms with Crippen molar-refractivity contribution >= 4 is 5.91 Å². The van der Waals surface area contributed by atoms with E-state index in [0.29, 0.717) is 6.54 Å². The summed E-state index contributed by atoms with van der Waals surface area (Å²) in [5.74, 6) is -0.629. The first-order valence-corrected chi connectivity index (χ1v) is 8.81. The molecule has 1 aliphatic rings. The second kappa shape index (κ2) is 8.27. The molecule has 0 unspecified atom stereocenters. The number of methoxy groups -OCH3 is 1. The highest BCUT2D eigenvalue weighted by atomic mass is 19.1. The van der Waals surface area contributed by atoms with E-state index in [0.717, 1.165) is 31.5 Å². The number of hydrogen-bond acceptors (Lipinski definition) is 4. The maximum atomic E-state index is 14.5. The third-order valence-corrected chi connectivity index (χ3v) is 4.87. The SMILES string of the molecule is COc1cccc(F)c1C(=O)N(Cc1cccnc1)C1CCN(C)CC1. The van der Waals surface area contributed by atoms with Gasteiger partial charge in [-0.25, -0.2) is 4.39 Å². The summed E-state index contributed by atoms with van der Waals surface area (Å²) in [4.78, 5) is 21.4. The van der Waals surface area contributed by atoms with Crippen LogP contribution in [0, 0.1) is 5.82 Å². The van der Waals surface area contributed by atoms with Crippen molar-refractivity contribution in [2.75, 3.05) is 27.2 Å². The lowest BCUT2D eigenvalue weighted by Gasteiger charge is -2.37. The molecule has 138 valence electrons. The molecular formula is C20H24FN3O2. The summed E-state index contributed by atoms with van der Waals surface area (Å²) in [7, 11) is 3.52. The largest absolute Gasteiger partial charge is 0.496 e. The van der Waals surface area contributed by atoms with Crippen molar-refractivity contribution < 1.29 is 13.9 Å². The molecule has 3 rings (SSSR count). The van der Waals surface area contributed by atoms with E-state index in [4.69, 9.17) is 4.74 Å². The lowest BCUT2D eigenvalue weighted by atomic mass is 10.0. The number of amides is 1. The molecular weight excluding hydrogens is 333 g/mol. The molecule has 1 aromatic carbocycles. The number of carbonyl (C=O) groups excluding carboxylic acids is 1. The van der Waals surface area contributed by atoms with Gasteiger partial charge in [-0.15, -0.1) is 0 Å². The van der Waals surface area contributed by atoms with Crippen molar-refractivity contribution in [1.29, 1.82) is 0 Å². The standard InChI is InChI=1S/C20H24FN3O2/c1-23-11-8-16(9-12-23)24(14-15-5-4-10-22-13-15)20(25)19-17(21)6-3-7-18(19)26-2/h3-7,10,13,16H,8-9,11-12,14H2,1-2H3. The zero-order valence-electron chi connectivity index (χ0n) is 15.2. The van der Waals surface area contributed by atoms with Gasteiger partial charge in [0.15, 0.2) is 0 Å². The first kappa shape index (κ1) is 18.3. The molecule has 0 N–H and O–H groups in total. The first-order valence-electron chi connectivity index (χ1n) is 8.81. The Hall–Kier alpha value is -2.47. The number of nitrogens with zero attached hydrogens (tertiary/aromatic N) is 3. The van der Waals surface area contributed by atoms with Gasteiger partial charge in [-0.2, -0.15) is 0 Å². The summed E-state index contributed by atoms with van der Waals surface area (Å²) in [6, 6.07) is 8.30. The fourth-order valence-corrected chi connectivity index (χ4v) is 3.39. The molecule has 1 fully saturated rings. The summed E-state index contributed by atoms with van der Waals surface area (Å²) < 4.78 is 19.7. The predicted octanol–water partition coefficient (Wildman–Crippen LogP) is 2.97. The van der Waals surface area contributed by atoms with Gasteiger partial charge in [0.05, 0.1) is 7.11 Å². The van der Waals surface area contributed by atoms with Gasteiger partial charge in [0.2, 0.25) is 0 Å². The maximum Gasteiger partial charge on any atom is 0.261 e. The Morgan fingerprint density at radius 3 is 2.73 bits per heavy atom. The second-order valence-corrected chi connectivity index (χ2v) is 6.65. The third-order valence-electron chi connectivity index (χ3n) is 4.87. The van der Waals surface area contributed by atoms with Gasteiger partial charge >= 0.3 is 0 Å². The Balaban J connectivity index is 1.93. The van der Waals surface area contributed by atoms with Crippen LogP contribution in [0.25, 0.3) is 0 Å². The van der Waals surface area contributed by atoms with Crippen molar-refractivity contribution in [2.24, 2.45) is 0 Å². The van der Waals surface area contributed by atoms with Crippen LogP contribution in [0.5, 0.6) is 5.75 Å². The van der Waals surface area contributed by atoms with Crippen LogP contribution in [0.15, 0.2) is 42.7 Å². The van der Waals surface area contributed by atoms with Gasteiger partial charge in [0.1, 0.15) is 17.1 Å². The number of pyridine rings is 1. The Morgan fingerprint density at radius 1 is 1.31 bits per heavy atom. The minimum atomic E-state index is -0.557. The van der Waals surface area contributed by atoms with Crippen LogP contribution in [0.2, 0.25) is 0 Å². The van der Waals surface area contributed by atoms with Crippen molar-refractivity contribution in [3.05, 3.63) is 59.7 Å². The van der Waals surface area contributed by atoms with E-state index in [-0.39, 0.29) is 23.3 Å². The number of aromatic nitrogens is 1. The molecule has 1 amide bonds. The van der Waals surface area contributed by atoms with Crippen molar-refractivity contribution in [2.45, 2.75) is 25.4 Å². The number of rotatable bonds is 5. The van der Waals surface area contributed by atoms with Crippen LogP contribution in [-0.4, -0.2) is 54.0 Å². The van der Waals surface area contributed by atoms with Crippen LogP contribution >= 0.6 is 0 Å². The zero-order valence-corrected chi connectivity index (χ0v) is 15.2. The van der Waals surface area contributed by atoms with Crippen LogP contribution in [-0.2, 0) is 6.54 Å². The van der Waals surface area contributed by atoms with Crippen LogP contribution in [0.4, 0.5) is 4.39 Å². The molecule has 5 nitrogen and oxygen atoms in total. The summed E-state index contributed by atoms with van der Waals surface area (Å²) >= 11 is 0. The highest BCUT2D eigenvalue weighted by Crippen LogP contribution is 2.27. The van der Waals surface area contributed by atoms with E-state index in [2.05, 4.69) is 16.9 Å². The second-order valence-electron chi connectivity index (χ2n) is 6.65. The monoisotopic (exact) mass is 357 g/mol. The van der Waals surface area contributed by atoms with E-state index < -0.39 is 5.82 Å². The minimum absolute atomic E-state index is 0.00202. The molecule has 1 aliphatic heterocycles. The number of halogens is 1. The molecule has 0 aliphatic carbocycles. The van der Waals surface area contributed by atoms with Gasteiger partial charge < -0.3 is 14.5 Å². The molecule has 0 saturated carbocycles. The van der Waals surface area contributed by atoms with Crippen LogP contribution in [0.1, 0.15) is 28.8 Å². The fourth-order valence-electron chi connectivity index (χ4n) is 3.39. The molecule has 0 radical (unpaired) electrons. The highest BCUT2D eigenvalue weighted by molar-refractivity contribution is 5.97. The Kier molecular flexibility index (Phi) is 5.83. The van der Waals surface area contributed by atoms with E-state index in [9.17, 15) is 9.18 Å². The lowest BCUT2D eigenvalue weighted by molar-refractivity contribution is 0.0561.